The van der Waals surface area contributed by atoms with Gasteiger partial charge in [-0.2, -0.15) is 0 Å². The number of halogens is 2. The molecule has 0 spiro atoms. The van der Waals surface area contributed by atoms with Crippen LogP contribution < -0.4 is 19.5 Å². The van der Waals surface area contributed by atoms with E-state index in [2.05, 4.69) is 5.32 Å². The van der Waals surface area contributed by atoms with Crippen molar-refractivity contribution < 1.29 is 23.8 Å². The summed E-state index contributed by atoms with van der Waals surface area (Å²) in [7, 11) is 3.07. The summed E-state index contributed by atoms with van der Waals surface area (Å²) in [4.78, 5) is 28.4. The molecule has 1 fully saturated rings. The Hall–Kier alpha value is -2.64. The molecule has 3 rings (SSSR count). The second-order valence-electron chi connectivity index (χ2n) is 8.83. The van der Waals surface area contributed by atoms with Gasteiger partial charge in [0.15, 0.2) is 6.61 Å². The molecule has 7 nitrogen and oxygen atoms in total. The standard InChI is InChI=1S/C27H34Cl2N2O5/c1-4-25(27(33)30-18-9-6-5-7-10-18)31(16-22-23(28)11-8-12-24(22)29)26(32)17-36-21-14-19(34-2)13-20(15-21)35-3/h8,11-15,18,25H,4-7,9-10,16-17H2,1-3H3,(H,30,33). The van der Waals surface area contributed by atoms with Crippen molar-refractivity contribution in [2.75, 3.05) is 20.8 Å². The molecule has 1 aliphatic rings. The first-order chi connectivity index (χ1) is 17.4. The van der Waals surface area contributed by atoms with Crippen LogP contribution in [0.5, 0.6) is 17.2 Å². The molecule has 0 bridgehead atoms. The van der Waals surface area contributed by atoms with Gasteiger partial charge >= 0.3 is 0 Å². The van der Waals surface area contributed by atoms with E-state index < -0.39 is 6.04 Å². The summed E-state index contributed by atoms with van der Waals surface area (Å²) in [5, 5.41) is 4.02. The Morgan fingerprint density at radius 2 is 1.58 bits per heavy atom. The fourth-order valence-electron chi connectivity index (χ4n) is 4.41. The molecule has 2 amide bonds. The van der Waals surface area contributed by atoms with E-state index in [0.717, 1.165) is 25.7 Å². The van der Waals surface area contributed by atoms with Gasteiger partial charge in [-0.1, -0.05) is 55.5 Å². The SMILES string of the molecule is CCC(C(=O)NC1CCCCC1)N(Cc1c(Cl)cccc1Cl)C(=O)COc1cc(OC)cc(OC)c1. The third-order valence-electron chi connectivity index (χ3n) is 6.41. The first-order valence-corrected chi connectivity index (χ1v) is 13.0. The van der Waals surface area contributed by atoms with Gasteiger partial charge in [-0.3, -0.25) is 9.59 Å². The van der Waals surface area contributed by atoms with Crippen molar-refractivity contribution in [2.24, 2.45) is 0 Å². The lowest BCUT2D eigenvalue weighted by molar-refractivity contribution is -0.143. The average Bonchev–Trinajstić information content (AvgIpc) is 2.89. The maximum Gasteiger partial charge on any atom is 0.261 e. The Morgan fingerprint density at radius 1 is 1.00 bits per heavy atom. The molecule has 36 heavy (non-hydrogen) atoms. The fraction of sp³-hybridized carbons (Fsp3) is 0.481. The third-order valence-corrected chi connectivity index (χ3v) is 7.12. The number of nitrogens with one attached hydrogen (secondary N) is 1. The smallest absolute Gasteiger partial charge is 0.261 e. The molecule has 2 aromatic carbocycles. The minimum Gasteiger partial charge on any atom is -0.496 e. The summed E-state index contributed by atoms with van der Waals surface area (Å²) in [6.07, 6.45) is 5.71. The molecule has 2 aromatic rings. The molecule has 196 valence electrons. The molecule has 1 N–H and O–H groups in total. The van der Waals surface area contributed by atoms with Crippen LogP contribution in [0.25, 0.3) is 0 Å². The number of carbonyl (C=O) groups excluding carboxylic acids is 2. The number of hydrogen-bond donors (Lipinski definition) is 1. The van der Waals surface area contributed by atoms with E-state index in [1.807, 2.05) is 6.92 Å². The highest BCUT2D eigenvalue weighted by Crippen LogP contribution is 2.29. The number of hydrogen-bond acceptors (Lipinski definition) is 5. The zero-order chi connectivity index (χ0) is 26.1. The minimum atomic E-state index is -0.699. The summed E-state index contributed by atoms with van der Waals surface area (Å²) < 4.78 is 16.4. The zero-order valence-corrected chi connectivity index (χ0v) is 22.5. The Labute approximate surface area is 223 Å². The Balaban J connectivity index is 1.83. The maximum atomic E-state index is 13.5. The number of ether oxygens (including phenoxy) is 3. The summed E-state index contributed by atoms with van der Waals surface area (Å²) in [6, 6.07) is 9.64. The molecular weight excluding hydrogens is 503 g/mol. The molecule has 0 aromatic heterocycles. The van der Waals surface area contributed by atoms with E-state index in [0.29, 0.717) is 39.3 Å². The highest BCUT2D eigenvalue weighted by molar-refractivity contribution is 6.36. The lowest BCUT2D eigenvalue weighted by atomic mass is 9.95. The van der Waals surface area contributed by atoms with Crippen LogP contribution in [0.3, 0.4) is 0 Å². The molecule has 0 aliphatic heterocycles. The zero-order valence-electron chi connectivity index (χ0n) is 21.0. The minimum absolute atomic E-state index is 0.0821. The van der Waals surface area contributed by atoms with Gasteiger partial charge in [0.25, 0.3) is 5.91 Å². The van der Waals surface area contributed by atoms with Crippen LogP contribution >= 0.6 is 23.2 Å². The Bertz CT molecular complexity index is 1000. The van der Waals surface area contributed by atoms with Crippen molar-refractivity contribution in [3.63, 3.8) is 0 Å². The summed E-state index contributed by atoms with van der Waals surface area (Å²) >= 11 is 12.8. The van der Waals surface area contributed by atoms with Gasteiger partial charge < -0.3 is 24.4 Å². The quantitative estimate of drug-likeness (QED) is 0.401. The predicted octanol–water partition coefficient (Wildman–Crippen LogP) is 5.65. The van der Waals surface area contributed by atoms with Crippen molar-refractivity contribution in [1.82, 2.24) is 10.2 Å². The van der Waals surface area contributed by atoms with Crippen molar-refractivity contribution in [3.05, 3.63) is 52.0 Å². The lowest BCUT2D eigenvalue weighted by Crippen LogP contribution is -2.52. The van der Waals surface area contributed by atoms with Gasteiger partial charge in [0.05, 0.1) is 14.2 Å². The number of carbonyl (C=O) groups is 2. The molecule has 0 saturated heterocycles. The van der Waals surface area contributed by atoms with Crippen molar-refractivity contribution in [2.45, 2.75) is 64.1 Å². The van der Waals surface area contributed by atoms with E-state index in [4.69, 9.17) is 37.4 Å². The van der Waals surface area contributed by atoms with E-state index in [1.165, 1.54) is 25.5 Å². The van der Waals surface area contributed by atoms with E-state index in [9.17, 15) is 9.59 Å². The number of amides is 2. The summed E-state index contributed by atoms with van der Waals surface area (Å²) in [6.45, 7) is 1.68. The third kappa shape index (κ3) is 7.43. The van der Waals surface area contributed by atoms with Crippen LogP contribution in [0.1, 0.15) is 51.0 Å². The first kappa shape index (κ1) is 27.9. The van der Waals surface area contributed by atoms with Crippen LogP contribution in [-0.4, -0.2) is 49.6 Å². The average molecular weight is 537 g/mol. The van der Waals surface area contributed by atoms with Gasteiger partial charge in [0, 0.05) is 46.4 Å². The van der Waals surface area contributed by atoms with Gasteiger partial charge in [0.1, 0.15) is 23.3 Å². The Morgan fingerprint density at radius 3 is 2.14 bits per heavy atom. The molecule has 0 radical (unpaired) electrons. The molecule has 1 atom stereocenters. The number of benzene rings is 2. The Kier molecular flexibility index (Phi) is 10.6. The second-order valence-corrected chi connectivity index (χ2v) is 9.64. The van der Waals surface area contributed by atoms with Crippen molar-refractivity contribution >= 4 is 35.0 Å². The van der Waals surface area contributed by atoms with Crippen LogP contribution in [0.4, 0.5) is 0 Å². The summed E-state index contributed by atoms with van der Waals surface area (Å²) in [5.41, 5.74) is 0.584. The van der Waals surface area contributed by atoms with Gasteiger partial charge in [-0.05, 0) is 31.4 Å². The number of nitrogens with zero attached hydrogens (tertiary/aromatic N) is 1. The van der Waals surface area contributed by atoms with Crippen molar-refractivity contribution in [1.29, 1.82) is 0 Å². The number of rotatable bonds is 11. The molecular formula is C27H34Cl2N2O5. The van der Waals surface area contributed by atoms with E-state index >= 15 is 0 Å². The van der Waals surface area contributed by atoms with Crippen LogP contribution in [-0.2, 0) is 16.1 Å². The van der Waals surface area contributed by atoms with Gasteiger partial charge in [-0.15, -0.1) is 0 Å². The highest BCUT2D eigenvalue weighted by atomic mass is 35.5. The number of methoxy groups -OCH3 is 2. The van der Waals surface area contributed by atoms with E-state index in [1.54, 1.807) is 36.4 Å². The molecule has 1 saturated carbocycles. The molecule has 1 aliphatic carbocycles. The highest BCUT2D eigenvalue weighted by Gasteiger charge is 2.31. The van der Waals surface area contributed by atoms with Crippen LogP contribution in [0, 0.1) is 0 Å². The van der Waals surface area contributed by atoms with Gasteiger partial charge in [0.2, 0.25) is 5.91 Å². The summed E-state index contributed by atoms with van der Waals surface area (Å²) in [5.74, 6) is 0.946. The van der Waals surface area contributed by atoms with Crippen molar-refractivity contribution in [3.8, 4) is 17.2 Å². The predicted molar refractivity (Wildman–Crippen MR) is 141 cm³/mol. The molecule has 0 heterocycles. The monoisotopic (exact) mass is 536 g/mol. The van der Waals surface area contributed by atoms with Crippen LogP contribution in [0.15, 0.2) is 36.4 Å². The normalized spacial score (nSPS) is 14.6. The molecule has 1 unspecified atom stereocenters. The van der Waals surface area contributed by atoms with Gasteiger partial charge in [-0.25, -0.2) is 0 Å². The topological polar surface area (TPSA) is 77.1 Å². The molecule has 9 heteroatoms. The second kappa shape index (κ2) is 13.6. The van der Waals surface area contributed by atoms with Crippen LogP contribution in [0.2, 0.25) is 10.0 Å². The fourth-order valence-corrected chi connectivity index (χ4v) is 4.93. The first-order valence-electron chi connectivity index (χ1n) is 12.2. The van der Waals surface area contributed by atoms with E-state index in [-0.39, 0.29) is 31.0 Å². The maximum absolute atomic E-state index is 13.5. The lowest BCUT2D eigenvalue weighted by Gasteiger charge is -2.33. The largest absolute Gasteiger partial charge is 0.496 e.